The fraction of sp³-hybridized carbons (Fsp3) is 0.312. The van der Waals surface area contributed by atoms with Crippen LogP contribution in [0.3, 0.4) is 0 Å². The van der Waals surface area contributed by atoms with E-state index in [4.69, 9.17) is 14.2 Å². The van der Waals surface area contributed by atoms with Gasteiger partial charge in [-0.1, -0.05) is 92.7 Å². The minimum absolute atomic E-state index is 0.0132. The van der Waals surface area contributed by atoms with E-state index in [9.17, 15) is 82.8 Å². The second kappa shape index (κ2) is 35.2. The molecule has 0 saturated heterocycles. The van der Waals surface area contributed by atoms with E-state index >= 15 is 0 Å². The lowest BCUT2D eigenvalue weighted by Gasteiger charge is -2.37. The normalized spacial score (nSPS) is 15.2. The van der Waals surface area contributed by atoms with Crippen LogP contribution in [0.15, 0.2) is 158 Å². The summed E-state index contributed by atoms with van der Waals surface area (Å²) in [6.07, 6.45) is -0.855. The summed E-state index contributed by atoms with van der Waals surface area (Å²) in [6.45, 7) is 5.29. The van der Waals surface area contributed by atoms with E-state index < -0.39 is 157 Å². The maximum Gasteiger partial charge on any atom is 0.407 e. The Kier molecular flexibility index (Phi) is 25.3. The predicted octanol–water partition coefficient (Wildman–Crippen LogP) is 6.09. The Morgan fingerprint density at radius 1 is 0.500 bits per heavy atom. The number of esters is 1. The zero-order valence-electron chi connectivity index (χ0n) is 58.8. The first-order chi connectivity index (χ1) is 51.7. The van der Waals surface area contributed by atoms with Gasteiger partial charge < -0.3 is 77.2 Å². The average Bonchev–Trinajstić information content (AvgIpc) is 1.46. The molecule has 7 aromatic rings. The number of carboxylic acid groups (broad SMARTS) is 4. The molecule has 0 bridgehead atoms. The van der Waals surface area contributed by atoms with Gasteiger partial charge >= 0.3 is 35.9 Å². The second-order valence-corrected chi connectivity index (χ2v) is 26.4. The Balaban J connectivity index is 0.868. The van der Waals surface area contributed by atoms with Crippen molar-refractivity contribution in [3.8, 4) is 22.6 Å². The van der Waals surface area contributed by atoms with Gasteiger partial charge in [-0.2, -0.15) is 0 Å². The lowest BCUT2D eigenvalue weighted by atomic mass is 9.77. The number of alkyl carbamates (subject to hydrolysis) is 1. The van der Waals surface area contributed by atoms with E-state index in [0.717, 1.165) is 40.6 Å². The molecule has 2 aliphatic heterocycles. The van der Waals surface area contributed by atoms with Gasteiger partial charge in [0.1, 0.15) is 54.4 Å². The molecule has 8 amide bonds. The molecule has 108 heavy (non-hydrogen) atoms. The lowest BCUT2D eigenvalue weighted by Crippen LogP contribution is -2.59. The number of ether oxygens (including phenoxy) is 3. The number of anilines is 2. The highest BCUT2D eigenvalue weighted by Gasteiger charge is 2.54. The number of hydrogen-bond acceptors (Lipinski definition) is 19. The fourth-order valence-electron chi connectivity index (χ4n) is 13.2. The number of benzene rings is 5. The number of aliphatic carboxylic acids is 4. The molecular weight excluding hydrogens is 1400 g/mol. The Morgan fingerprint density at radius 3 is 1.48 bits per heavy atom. The van der Waals surface area contributed by atoms with Crippen LogP contribution in [0.5, 0.6) is 11.5 Å². The predicted molar refractivity (Wildman–Crippen MR) is 384 cm³/mol. The summed E-state index contributed by atoms with van der Waals surface area (Å²) in [4.78, 5) is 184. The number of pyridine rings is 2. The molecule has 10 rings (SSSR count). The highest BCUT2D eigenvalue weighted by atomic mass is 16.6. The van der Waals surface area contributed by atoms with Crippen molar-refractivity contribution in [2.24, 2.45) is 5.92 Å². The summed E-state index contributed by atoms with van der Waals surface area (Å²) in [6, 6.07) is 31.6. The molecule has 3 aliphatic rings. The lowest BCUT2D eigenvalue weighted by molar-refractivity contribution is -0.142. The van der Waals surface area contributed by atoms with Gasteiger partial charge in [0.25, 0.3) is 0 Å². The van der Waals surface area contributed by atoms with E-state index in [-0.39, 0.29) is 58.5 Å². The molecule has 0 radical (unpaired) electrons. The molecule has 0 saturated carbocycles. The van der Waals surface area contributed by atoms with Gasteiger partial charge in [0.05, 0.1) is 36.2 Å². The Bertz CT molecular complexity index is 4500. The number of carboxylic acids is 4. The standard InChI is InChI=1S/C77H79N11O20/c1-42(2)68(87-70(99)58(29-30-64(90)91)83-73(102)59(36-65(92)93)80-43(3)89)74(103)85-61(38-67(96)97)72(101)82-45-26-28-56-63(35-45)107-62-34-44(25-27-55(62)77(56)54-23-9-8-22-52(54)75(104)108-77)81-71(100)60(37-66(94)95)84-69(98)57(24-12-15-33-88(39-46-16-10-13-31-78-46)40-47-17-11-14-32-79-47)86-76(105)106-41-53-50-20-6-4-18-48(50)49-19-5-7-21-51(49)53/h4-11,13-14,16-23,25-28,31-32,34-35,42,53,57-61,68H,12,15,24,29-30,33,36-41H2,1-3H3,(H,80,89)(H,81,100)(H,82,101)(H,83,102)(H,84,98)(H,85,103)(H,86,105)(H,87,99)(H,90,91)(H,92,93)(H,94,95)(H,96,97)/t57-,58-,59-,60-,61-,68-,77?/m0/s1. The number of nitrogens with one attached hydrogen (secondary N) is 8. The number of rotatable bonds is 35. The average molecular weight is 1480 g/mol. The number of amides is 8. The van der Waals surface area contributed by atoms with Crippen LogP contribution in [-0.2, 0) is 80.9 Å². The summed E-state index contributed by atoms with van der Waals surface area (Å²) >= 11 is 0. The molecule has 562 valence electrons. The number of carbonyl (C=O) groups is 13. The Hall–Kier alpha value is -12.9. The smallest absolute Gasteiger partial charge is 0.407 e. The van der Waals surface area contributed by atoms with Crippen LogP contribution in [0, 0.1) is 5.92 Å². The summed E-state index contributed by atoms with van der Waals surface area (Å²) < 4.78 is 18.7. The van der Waals surface area contributed by atoms with Gasteiger partial charge in [-0.05, 0) is 115 Å². The Morgan fingerprint density at radius 2 is 0.972 bits per heavy atom. The molecule has 7 atom stereocenters. The van der Waals surface area contributed by atoms with Crippen LogP contribution < -0.4 is 47.3 Å². The van der Waals surface area contributed by atoms with Crippen molar-refractivity contribution in [2.45, 2.75) is 133 Å². The molecule has 0 fully saturated rings. The third-order valence-corrected chi connectivity index (χ3v) is 18.3. The van der Waals surface area contributed by atoms with Gasteiger partial charge in [-0.25, -0.2) is 9.59 Å². The van der Waals surface area contributed by atoms with Crippen molar-refractivity contribution in [3.63, 3.8) is 0 Å². The Labute approximate surface area is 617 Å². The van der Waals surface area contributed by atoms with Gasteiger partial charge in [0, 0.05) is 84.9 Å². The number of carbonyl (C=O) groups excluding carboxylic acids is 9. The summed E-state index contributed by atoms with van der Waals surface area (Å²) in [5.41, 5.74) is 4.61. The van der Waals surface area contributed by atoms with Crippen molar-refractivity contribution >= 4 is 88.7 Å². The van der Waals surface area contributed by atoms with Crippen LogP contribution in [0.4, 0.5) is 16.2 Å². The number of hydrogen-bond donors (Lipinski definition) is 12. The van der Waals surface area contributed by atoms with E-state index in [1.807, 2.05) is 84.9 Å². The summed E-state index contributed by atoms with van der Waals surface area (Å²) in [5.74, 6) is -15.2. The SMILES string of the molecule is CC(=O)N[C@@H](CC(=O)O)C(=O)N[C@@H](CCC(=O)O)C(=O)N[C@H](C(=O)N[C@@H](CC(=O)O)C(=O)Nc1ccc2c(c1)Oc1cc(NC(=O)[C@H](CC(=O)O)NC(=O)[C@H](CCCCN(Cc3ccccn3)Cc3ccccn3)NC(=O)OCC3c4ccccc4-c4ccccc43)ccc1C21OC(=O)c2ccccc21)C(C)C. The van der Waals surface area contributed by atoms with Gasteiger partial charge in [-0.3, -0.25) is 67.6 Å². The minimum Gasteiger partial charge on any atom is -0.481 e. The highest BCUT2D eigenvalue weighted by Crippen LogP contribution is 2.57. The largest absolute Gasteiger partial charge is 0.481 e. The monoisotopic (exact) mass is 1480 g/mol. The minimum atomic E-state index is -1.88. The van der Waals surface area contributed by atoms with Crippen molar-refractivity contribution in [3.05, 3.63) is 203 Å². The van der Waals surface area contributed by atoms with Crippen LogP contribution in [0.2, 0.25) is 0 Å². The molecule has 2 aromatic heterocycles. The first kappa shape index (κ1) is 77.7. The van der Waals surface area contributed by atoms with E-state index in [1.165, 1.54) is 50.2 Å². The number of aromatic nitrogens is 2. The first-order valence-corrected chi connectivity index (χ1v) is 34.7. The molecule has 5 aromatic carbocycles. The van der Waals surface area contributed by atoms with Gasteiger partial charge in [0.15, 0.2) is 5.60 Å². The van der Waals surface area contributed by atoms with Crippen molar-refractivity contribution in [1.29, 1.82) is 0 Å². The van der Waals surface area contributed by atoms with Crippen LogP contribution in [0.25, 0.3) is 11.1 Å². The fourth-order valence-corrected chi connectivity index (χ4v) is 13.2. The summed E-state index contributed by atoms with van der Waals surface area (Å²) in [5, 5.41) is 58.7. The molecular formula is C77H79N11O20. The molecule has 12 N–H and O–H groups in total. The zero-order chi connectivity index (χ0) is 77.3. The third-order valence-electron chi connectivity index (χ3n) is 18.3. The van der Waals surface area contributed by atoms with E-state index in [0.29, 0.717) is 38.0 Å². The van der Waals surface area contributed by atoms with Gasteiger partial charge in [0.2, 0.25) is 41.4 Å². The number of unbranched alkanes of at least 4 members (excludes halogenated alkanes) is 1. The van der Waals surface area contributed by atoms with Crippen LogP contribution in [0.1, 0.15) is 128 Å². The van der Waals surface area contributed by atoms with E-state index in [2.05, 4.69) is 57.4 Å². The van der Waals surface area contributed by atoms with Crippen molar-refractivity contribution in [2.75, 3.05) is 23.8 Å². The molecule has 1 aliphatic carbocycles. The molecule has 1 spiro atoms. The van der Waals surface area contributed by atoms with Gasteiger partial charge in [-0.15, -0.1) is 0 Å². The second-order valence-electron chi connectivity index (χ2n) is 26.4. The van der Waals surface area contributed by atoms with Crippen LogP contribution >= 0.6 is 0 Å². The van der Waals surface area contributed by atoms with Crippen molar-refractivity contribution in [1.82, 2.24) is 46.8 Å². The molecule has 4 heterocycles. The first-order valence-electron chi connectivity index (χ1n) is 34.7. The zero-order valence-corrected chi connectivity index (χ0v) is 58.8. The summed E-state index contributed by atoms with van der Waals surface area (Å²) in [7, 11) is 0. The molecule has 1 unspecified atom stereocenters. The molecule has 31 nitrogen and oxygen atoms in total. The maximum absolute atomic E-state index is 14.7. The molecule has 31 heteroatoms. The number of nitrogens with zero attached hydrogens (tertiary/aromatic N) is 3. The topological polar surface area (TPSA) is 456 Å². The number of fused-ring (bicyclic) bond motifs is 9. The third kappa shape index (κ3) is 19.3. The quantitative estimate of drug-likeness (QED) is 0.0158. The van der Waals surface area contributed by atoms with Crippen LogP contribution in [-0.4, -0.2) is 162 Å². The van der Waals surface area contributed by atoms with Crippen molar-refractivity contribution < 1.29 is 97.0 Å². The maximum atomic E-state index is 14.7. The highest BCUT2D eigenvalue weighted by molar-refractivity contribution is 6.03. The van der Waals surface area contributed by atoms with E-state index in [1.54, 1.807) is 36.7 Å².